The molecule has 2 aliphatic rings. The predicted molar refractivity (Wildman–Crippen MR) is 68.7 cm³/mol. The van der Waals surface area contributed by atoms with Gasteiger partial charge < -0.3 is 10.2 Å². The van der Waals surface area contributed by atoms with Crippen LogP contribution in [0, 0.1) is 5.41 Å². The largest absolute Gasteiger partial charge is 0.315 e. The molecule has 2 heterocycles. The van der Waals surface area contributed by atoms with Gasteiger partial charge in [0, 0.05) is 38.8 Å². The summed E-state index contributed by atoms with van der Waals surface area (Å²) in [6.45, 7) is 15.6. The van der Waals surface area contributed by atoms with Gasteiger partial charge >= 0.3 is 0 Å². The van der Waals surface area contributed by atoms with Gasteiger partial charge in [0.2, 0.25) is 0 Å². The zero-order chi connectivity index (χ0) is 11.6. The Morgan fingerprint density at radius 1 is 1.31 bits per heavy atom. The van der Waals surface area contributed by atoms with E-state index in [0.717, 1.165) is 19.1 Å². The minimum Gasteiger partial charge on any atom is -0.315 e. The number of nitrogens with one attached hydrogen (secondary N) is 1. The van der Waals surface area contributed by atoms with Crippen molar-refractivity contribution in [1.29, 1.82) is 0 Å². The van der Waals surface area contributed by atoms with Crippen LogP contribution in [0.2, 0.25) is 0 Å². The fraction of sp³-hybridized carbons (Fsp3) is 1.00. The molecule has 0 aromatic heterocycles. The Labute approximate surface area is 100 Å². The smallest absolute Gasteiger partial charge is 0.0236 e. The molecule has 16 heavy (non-hydrogen) atoms. The Hall–Kier alpha value is -0.120. The maximum absolute atomic E-state index is 3.56. The highest BCUT2D eigenvalue weighted by atomic mass is 15.3. The van der Waals surface area contributed by atoms with Gasteiger partial charge in [-0.3, -0.25) is 4.90 Å². The molecule has 2 saturated heterocycles. The molecular weight excluding hydrogens is 198 g/mol. The molecule has 0 aromatic rings. The average molecular weight is 225 g/mol. The fourth-order valence-electron chi connectivity index (χ4n) is 3.04. The van der Waals surface area contributed by atoms with E-state index in [-0.39, 0.29) is 0 Å². The van der Waals surface area contributed by atoms with Gasteiger partial charge in [-0.2, -0.15) is 0 Å². The van der Waals surface area contributed by atoms with Gasteiger partial charge in [-0.15, -0.1) is 0 Å². The molecule has 0 radical (unpaired) electrons. The lowest BCUT2D eigenvalue weighted by Gasteiger charge is -2.33. The Bertz CT molecular complexity index is 227. The number of rotatable bonds is 2. The Morgan fingerprint density at radius 3 is 2.81 bits per heavy atom. The van der Waals surface area contributed by atoms with Crippen molar-refractivity contribution in [2.75, 3.05) is 45.8 Å². The summed E-state index contributed by atoms with van der Waals surface area (Å²) in [7, 11) is 0. The number of hydrogen-bond donors (Lipinski definition) is 1. The summed E-state index contributed by atoms with van der Waals surface area (Å²) in [5, 5.41) is 3.56. The first-order chi connectivity index (χ1) is 7.61. The normalized spacial score (nSPS) is 32.8. The second-order valence-electron chi connectivity index (χ2n) is 6.15. The third kappa shape index (κ3) is 2.96. The van der Waals surface area contributed by atoms with Crippen molar-refractivity contribution < 1.29 is 0 Å². The van der Waals surface area contributed by atoms with E-state index in [1.54, 1.807) is 0 Å². The number of likely N-dealkylation sites (N-methyl/N-ethyl adjacent to an activating group) is 1. The molecule has 0 saturated carbocycles. The molecule has 3 heteroatoms. The van der Waals surface area contributed by atoms with Crippen LogP contribution in [-0.4, -0.2) is 61.7 Å². The van der Waals surface area contributed by atoms with E-state index >= 15 is 0 Å². The van der Waals surface area contributed by atoms with Crippen molar-refractivity contribution in [3.05, 3.63) is 0 Å². The number of hydrogen-bond acceptors (Lipinski definition) is 3. The SMILES string of the molecule is CCN1CCC(N2CCNCC(C)(C)C2)C1. The van der Waals surface area contributed by atoms with Crippen molar-refractivity contribution in [1.82, 2.24) is 15.1 Å². The highest BCUT2D eigenvalue weighted by Crippen LogP contribution is 2.23. The van der Waals surface area contributed by atoms with Gasteiger partial charge in [0.1, 0.15) is 0 Å². The van der Waals surface area contributed by atoms with Crippen LogP contribution in [0.25, 0.3) is 0 Å². The van der Waals surface area contributed by atoms with E-state index in [2.05, 4.69) is 35.9 Å². The van der Waals surface area contributed by atoms with Gasteiger partial charge in [-0.1, -0.05) is 20.8 Å². The van der Waals surface area contributed by atoms with E-state index in [4.69, 9.17) is 0 Å². The summed E-state index contributed by atoms with van der Waals surface area (Å²) in [5.74, 6) is 0. The fourth-order valence-corrected chi connectivity index (χ4v) is 3.04. The zero-order valence-corrected chi connectivity index (χ0v) is 11.1. The summed E-state index contributed by atoms with van der Waals surface area (Å²) >= 11 is 0. The molecule has 0 aliphatic carbocycles. The lowest BCUT2D eigenvalue weighted by Crippen LogP contribution is -2.43. The van der Waals surface area contributed by atoms with Crippen molar-refractivity contribution >= 4 is 0 Å². The van der Waals surface area contributed by atoms with Crippen molar-refractivity contribution in [3.8, 4) is 0 Å². The molecule has 0 bridgehead atoms. The van der Waals surface area contributed by atoms with Gasteiger partial charge in [0.15, 0.2) is 0 Å². The zero-order valence-electron chi connectivity index (χ0n) is 11.1. The van der Waals surface area contributed by atoms with Crippen molar-refractivity contribution in [3.63, 3.8) is 0 Å². The average Bonchev–Trinajstić information content (AvgIpc) is 2.64. The van der Waals surface area contributed by atoms with Crippen LogP contribution < -0.4 is 5.32 Å². The topological polar surface area (TPSA) is 18.5 Å². The van der Waals surface area contributed by atoms with Crippen molar-refractivity contribution in [2.45, 2.75) is 33.2 Å². The Balaban J connectivity index is 1.93. The standard InChI is InChI=1S/C13H27N3/c1-4-15-7-5-12(9-15)16-8-6-14-10-13(2,3)11-16/h12,14H,4-11H2,1-3H3. The lowest BCUT2D eigenvalue weighted by atomic mass is 9.92. The van der Waals surface area contributed by atoms with E-state index in [9.17, 15) is 0 Å². The predicted octanol–water partition coefficient (Wildman–Crippen LogP) is 1.01. The first-order valence-electron chi connectivity index (χ1n) is 6.78. The van der Waals surface area contributed by atoms with Crippen LogP contribution in [0.4, 0.5) is 0 Å². The van der Waals surface area contributed by atoms with Gasteiger partial charge in [-0.05, 0) is 24.9 Å². The third-order valence-electron chi connectivity index (χ3n) is 4.02. The number of nitrogens with zero attached hydrogens (tertiary/aromatic N) is 2. The molecule has 0 amide bonds. The first-order valence-corrected chi connectivity index (χ1v) is 6.78. The van der Waals surface area contributed by atoms with E-state index < -0.39 is 0 Å². The lowest BCUT2D eigenvalue weighted by molar-refractivity contribution is 0.152. The molecule has 2 fully saturated rings. The Morgan fingerprint density at radius 2 is 2.12 bits per heavy atom. The minimum atomic E-state index is 0.427. The van der Waals surface area contributed by atoms with E-state index in [1.165, 1.54) is 39.1 Å². The molecule has 94 valence electrons. The maximum Gasteiger partial charge on any atom is 0.0236 e. The van der Waals surface area contributed by atoms with Crippen LogP contribution in [0.1, 0.15) is 27.2 Å². The van der Waals surface area contributed by atoms with Crippen LogP contribution in [-0.2, 0) is 0 Å². The molecule has 2 rings (SSSR count). The highest BCUT2D eigenvalue weighted by molar-refractivity contribution is 4.88. The second kappa shape index (κ2) is 5.03. The molecule has 3 nitrogen and oxygen atoms in total. The number of likely N-dealkylation sites (tertiary alicyclic amines) is 1. The molecule has 2 aliphatic heterocycles. The quantitative estimate of drug-likeness (QED) is 0.757. The summed E-state index contributed by atoms with van der Waals surface area (Å²) < 4.78 is 0. The monoisotopic (exact) mass is 225 g/mol. The molecule has 1 N–H and O–H groups in total. The molecule has 0 aromatic carbocycles. The van der Waals surface area contributed by atoms with E-state index in [0.29, 0.717) is 5.41 Å². The summed E-state index contributed by atoms with van der Waals surface area (Å²) in [4.78, 5) is 5.30. The van der Waals surface area contributed by atoms with Gasteiger partial charge in [-0.25, -0.2) is 0 Å². The summed E-state index contributed by atoms with van der Waals surface area (Å²) in [5.41, 5.74) is 0.427. The third-order valence-corrected chi connectivity index (χ3v) is 4.02. The first kappa shape index (κ1) is 12.3. The molecule has 1 unspecified atom stereocenters. The maximum atomic E-state index is 3.56. The van der Waals surface area contributed by atoms with Crippen LogP contribution in [0.15, 0.2) is 0 Å². The van der Waals surface area contributed by atoms with Gasteiger partial charge in [0.25, 0.3) is 0 Å². The summed E-state index contributed by atoms with van der Waals surface area (Å²) in [6.07, 6.45) is 1.36. The molecule has 1 atom stereocenters. The highest BCUT2D eigenvalue weighted by Gasteiger charge is 2.32. The molecular formula is C13H27N3. The van der Waals surface area contributed by atoms with E-state index in [1.807, 2.05) is 0 Å². The van der Waals surface area contributed by atoms with Crippen LogP contribution in [0.5, 0.6) is 0 Å². The minimum absolute atomic E-state index is 0.427. The van der Waals surface area contributed by atoms with Crippen LogP contribution in [0.3, 0.4) is 0 Å². The molecule has 0 spiro atoms. The van der Waals surface area contributed by atoms with Crippen molar-refractivity contribution in [2.24, 2.45) is 5.41 Å². The van der Waals surface area contributed by atoms with Crippen LogP contribution >= 0.6 is 0 Å². The van der Waals surface area contributed by atoms with Gasteiger partial charge in [0.05, 0.1) is 0 Å². The Kier molecular flexibility index (Phi) is 3.88. The summed E-state index contributed by atoms with van der Waals surface area (Å²) in [6, 6.07) is 0.805. The second-order valence-corrected chi connectivity index (χ2v) is 6.15.